The number of aromatic nitrogens is 2. The maximum Gasteiger partial charge on any atom is 0.220 e. The Hall–Kier alpha value is -2.21. The summed E-state index contributed by atoms with van der Waals surface area (Å²) in [6, 6.07) is 4.46. The van der Waals surface area contributed by atoms with Gasteiger partial charge in [-0.2, -0.15) is 5.10 Å². The first kappa shape index (κ1) is 17.1. The van der Waals surface area contributed by atoms with E-state index in [9.17, 15) is 9.18 Å². The van der Waals surface area contributed by atoms with Crippen molar-refractivity contribution in [3.63, 3.8) is 0 Å². The fraction of sp³-hybridized carbons (Fsp3) is 0.412. The zero-order valence-electron chi connectivity index (χ0n) is 13.6. The Bertz CT molecular complexity index is 678. The minimum absolute atomic E-state index is 0.0648. The number of hydrogen-bond donors (Lipinski definition) is 3. The number of rotatable bonds is 6. The average Bonchev–Trinajstić information content (AvgIpc) is 2.85. The highest BCUT2D eigenvalue weighted by Crippen LogP contribution is 2.24. The van der Waals surface area contributed by atoms with E-state index in [2.05, 4.69) is 15.5 Å². The fourth-order valence-corrected chi connectivity index (χ4v) is 2.80. The van der Waals surface area contributed by atoms with Gasteiger partial charge in [-0.3, -0.25) is 9.89 Å². The maximum atomic E-state index is 13.3. The van der Waals surface area contributed by atoms with E-state index in [1.807, 2.05) is 20.8 Å². The molecule has 1 aromatic carbocycles. The number of H-pyrrole nitrogens is 1. The number of aromatic amines is 1. The van der Waals surface area contributed by atoms with Crippen LogP contribution in [0.3, 0.4) is 0 Å². The Kier molecular flexibility index (Phi) is 5.50. The summed E-state index contributed by atoms with van der Waals surface area (Å²) >= 11 is 0. The minimum atomic E-state index is -0.442. The summed E-state index contributed by atoms with van der Waals surface area (Å²) in [5.74, 6) is -0.454. The number of amides is 1. The van der Waals surface area contributed by atoms with E-state index in [1.54, 1.807) is 12.1 Å². The number of carbonyl (C=O) groups is 1. The molecular weight excluding hydrogens is 297 g/mol. The van der Waals surface area contributed by atoms with Gasteiger partial charge < -0.3 is 10.4 Å². The van der Waals surface area contributed by atoms with Gasteiger partial charge in [0.25, 0.3) is 0 Å². The number of aliphatic hydroxyl groups is 1. The molecule has 6 heteroatoms. The van der Waals surface area contributed by atoms with Gasteiger partial charge in [0.2, 0.25) is 5.91 Å². The summed E-state index contributed by atoms with van der Waals surface area (Å²) in [4.78, 5) is 12.1. The van der Waals surface area contributed by atoms with Crippen LogP contribution in [0.5, 0.6) is 0 Å². The van der Waals surface area contributed by atoms with Crippen LogP contribution < -0.4 is 5.32 Å². The summed E-state index contributed by atoms with van der Waals surface area (Å²) in [7, 11) is 0. The number of aliphatic hydroxyl groups excluding tert-OH is 1. The second-order valence-corrected chi connectivity index (χ2v) is 5.81. The number of aryl methyl sites for hydroxylation is 2. The molecule has 2 rings (SSSR count). The van der Waals surface area contributed by atoms with Crippen LogP contribution in [0.2, 0.25) is 0 Å². The summed E-state index contributed by atoms with van der Waals surface area (Å²) in [5, 5.41) is 19.0. The Labute approximate surface area is 134 Å². The maximum absolute atomic E-state index is 13.3. The molecule has 1 unspecified atom stereocenters. The summed E-state index contributed by atoms with van der Waals surface area (Å²) in [6.07, 6.45) is 0.356. The Morgan fingerprint density at radius 1 is 1.43 bits per heavy atom. The lowest BCUT2D eigenvalue weighted by Crippen LogP contribution is -2.24. The van der Waals surface area contributed by atoms with E-state index in [0.717, 1.165) is 22.5 Å². The van der Waals surface area contributed by atoms with Crippen molar-refractivity contribution in [3.8, 4) is 0 Å². The first-order valence-corrected chi connectivity index (χ1v) is 7.58. The molecular formula is C17H22FN3O2. The molecule has 0 saturated heterocycles. The molecule has 0 aliphatic heterocycles. The molecule has 0 radical (unpaired) electrons. The first-order valence-electron chi connectivity index (χ1n) is 7.58. The third kappa shape index (κ3) is 4.16. The van der Waals surface area contributed by atoms with E-state index in [4.69, 9.17) is 5.11 Å². The molecule has 5 nitrogen and oxygen atoms in total. The van der Waals surface area contributed by atoms with Crippen LogP contribution in [0.1, 0.15) is 47.3 Å². The van der Waals surface area contributed by atoms with Gasteiger partial charge in [0.15, 0.2) is 0 Å². The summed E-state index contributed by atoms with van der Waals surface area (Å²) < 4.78 is 13.3. The van der Waals surface area contributed by atoms with Crippen LogP contribution in [0, 0.1) is 19.7 Å². The van der Waals surface area contributed by atoms with Crippen molar-refractivity contribution in [3.05, 3.63) is 52.1 Å². The number of benzene rings is 1. The van der Waals surface area contributed by atoms with Gasteiger partial charge in [-0.1, -0.05) is 13.0 Å². The molecule has 1 aromatic heterocycles. The highest BCUT2D eigenvalue weighted by atomic mass is 19.1. The van der Waals surface area contributed by atoms with E-state index in [0.29, 0.717) is 13.0 Å². The van der Waals surface area contributed by atoms with Crippen LogP contribution in [-0.2, 0) is 17.9 Å². The standard InChI is InChI=1S/C17H22FN3O2/c1-10(17-11(2)20-21-12(17)3)6-16(23)19-8-13-4-5-15(18)14(7-13)9-22/h4-5,7,10,22H,6,8-9H2,1-3H3,(H,19,23)(H,20,21). The van der Waals surface area contributed by atoms with E-state index in [-0.39, 0.29) is 24.0 Å². The van der Waals surface area contributed by atoms with Crippen molar-refractivity contribution in [1.29, 1.82) is 0 Å². The molecule has 0 aliphatic carbocycles. The van der Waals surface area contributed by atoms with E-state index >= 15 is 0 Å². The molecule has 0 spiro atoms. The third-order valence-corrected chi connectivity index (χ3v) is 3.94. The second kappa shape index (κ2) is 7.37. The predicted molar refractivity (Wildman–Crippen MR) is 85.3 cm³/mol. The van der Waals surface area contributed by atoms with Crippen molar-refractivity contribution in [2.75, 3.05) is 0 Å². The second-order valence-electron chi connectivity index (χ2n) is 5.81. The van der Waals surface area contributed by atoms with Crippen LogP contribution in [-0.4, -0.2) is 21.2 Å². The van der Waals surface area contributed by atoms with Crippen molar-refractivity contribution in [2.45, 2.75) is 46.3 Å². The Morgan fingerprint density at radius 3 is 2.78 bits per heavy atom. The van der Waals surface area contributed by atoms with Gasteiger partial charge in [-0.15, -0.1) is 0 Å². The molecule has 0 bridgehead atoms. The smallest absolute Gasteiger partial charge is 0.220 e. The molecule has 124 valence electrons. The topological polar surface area (TPSA) is 78.0 Å². The number of carbonyl (C=O) groups excluding carboxylic acids is 1. The third-order valence-electron chi connectivity index (χ3n) is 3.94. The van der Waals surface area contributed by atoms with Gasteiger partial charge >= 0.3 is 0 Å². The zero-order chi connectivity index (χ0) is 17.0. The lowest BCUT2D eigenvalue weighted by molar-refractivity contribution is -0.121. The zero-order valence-corrected chi connectivity index (χ0v) is 13.6. The van der Waals surface area contributed by atoms with E-state index in [1.165, 1.54) is 6.07 Å². The Balaban J connectivity index is 1.93. The SMILES string of the molecule is Cc1n[nH]c(C)c1C(C)CC(=O)NCc1ccc(F)c(CO)c1. The molecule has 0 aliphatic rings. The fourth-order valence-electron chi connectivity index (χ4n) is 2.80. The van der Waals surface area contributed by atoms with Crippen LogP contribution in [0.4, 0.5) is 4.39 Å². The quantitative estimate of drug-likeness (QED) is 0.765. The van der Waals surface area contributed by atoms with Gasteiger partial charge in [0.1, 0.15) is 5.82 Å². The van der Waals surface area contributed by atoms with Crippen molar-refractivity contribution in [1.82, 2.24) is 15.5 Å². The molecule has 0 fully saturated rings. The van der Waals surface area contributed by atoms with Gasteiger partial charge in [0, 0.05) is 24.2 Å². The molecule has 23 heavy (non-hydrogen) atoms. The molecule has 1 amide bonds. The predicted octanol–water partition coefficient (Wildman–Crippen LogP) is 2.47. The van der Waals surface area contributed by atoms with Crippen molar-refractivity contribution >= 4 is 5.91 Å². The highest BCUT2D eigenvalue weighted by molar-refractivity contribution is 5.76. The van der Waals surface area contributed by atoms with Crippen LogP contribution >= 0.6 is 0 Å². The number of nitrogens with zero attached hydrogens (tertiary/aromatic N) is 1. The number of halogens is 1. The molecule has 2 aromatic rings. The van der Waals surface area contributed by atoms with Crippen LogP contribution in [0.15, 0.2) is 18.2 Å². The molecule has 0 saturated carbocycles. The highest BCUT2D eigenvalue weighted by Gasteiger charge is 2.17. The Morgan fingerprint density at radius 2 is 2.17 bits per heavy atom. The molecule has 1 atom stereocenters. The van der Waals surface area contributed by atoms with Gasteiger partial charge in [0.05, 0.1) is 12.3 Å². The number of nitrogens with one attached hydrogen (secondary N) is 2. The van der Waals surface area contributed by atoms with E-state index < -0.39 is 5.82 Å². The first-order chi connectivity index (χ1) is 10.9. The monoisotopic (exact) mass is 319 g/mol. The largest absolute Gasteiger partial charge is 0.392 e. The summed E-state index contributed by atoms with van der Waals surface area (Å²) in [6.45, 7) is 5.80. The van der Waals surface area contributed by atoms with Crippen LogP contribution in [0.25, 0.3) is 0 Å². The average molecular weight is 319 g/mol. The summed E-state index contributed by atoms with van der Waals surface area (Å²) in [5.41, 5.74) is 3.95. The molecule has 3 N–H and O–H groups in total. The number of hydrogen-bond acceptors (Lipinski definition) is 3. The lowest BCUT2D eigenvalue weighted by Gasteiger charge is -2.13. The van der Waals surface area contributed by atoms with Gasteiger partial charge in [-0.25, -0.2) is 4.39 Å². The van der Waals surface area contributed by atoms with Crippen molar-refractivity contribution in [2.24, 2.45) is 0 Å². The minimum Gasteiger partial charge on any atom is -0.392 e. The van der Waals surface area contributed by atoms with Gasteiger partial charge in [-0.05, 0) is 43.0 Å². The lowest BCUT2D eigenvalue weighted by atomic mass is 9.95. The van der Waals surface area contributed by atoms with Crippen molar-refractivity contribution < 1.29 is 14.3 Å². The molecule has 1 heterocycles. The normalized spacial score (nSPS) is 12.2.